The highest BCUT2D eigenvalue weighted by Crippen LogP contribution is 2.49. The van der Waals surface area contributed by atoms with Gasteiger partial charge in [0.2, 0.25) is 29.3 Å². The Bertz CT molecular complexity index is 3640. The SMILES string of the molecule is CC1(C)C(=CC=CC=CC2=[N+](CCCS(=O)(=O)O)c3ccc(S(=O)(=O)O)cc3C2(C)C)N(CCCCCC(=O)NCCC(=O)N(CCOCCOCCOCCN=[N+]=[N-])CCC(=O)NCCOCCOCCOCCNC(=O)CCCCC2SCC3NC(=O)NC32)c2ccc(S(=O)(=O)O)cc21. The fourth-order valence-electron chi connectivity index (χ4n) is 12.1. The van der Waals surface area contributed by atoms with Gasteiger partial charge in [0.05, 0.1) is 112 Å². The number of unbranched alkanes of at least 4 members (excludes halogenated alkanes) is 3. The molecular formula is C66H100N11O20S4+. The summed E-state index contributed by atoms with van der Waals surface area (Å²) in [5.74, 6) is -0.449. The van der Waals surface area contributed by atoms with Crippen molar-refractivity contribution in [3.63, 3.8) is 0 Å². The van der Waals surface area contributed by atoms with E-state index in [2.05, 4.69) is 41.5 Å². The van der Waals surface area contributed by atoms with Gasteiger partial charge in [0.25, 0.3) is 30.4 Å². The molecular weight excluding hydrogens is 1400 g/mol. The first-order chi connectivity index (χ1) is 48.1. The minimum Gasteiger partial charge on any atom is -0.379 e. The van der Waals surface area contributed by atoms with Crippen molar-refractivity contribution in [3.8, 4) is 0 Å². The van der Waals surface area contributed by atoms with Crippen molar-refractivity contribution < 1.29 is 95.9 Å². The third-order valence-electron chi connectivity index (χ3n) is 17.4. The van der Waals surface area contributed by atoms with E-state index in [-0.39, 0.29) is 150 Å². The van der Waals surface area contributed by atoms with Crippen molar-refractivity contribution in [1.82, 2.24) is 31.5 Å². The Morgan fingerprint density at radius 3 is 1.87 bits per heavy atom. The molecule has 6 rings (SSSR count). The molecule has 101 heavy (non-hydrogen) atoms. The topological polar surface area (TPSA) is 422 Å². The number of carbonyl (C=O) groups excluding carboxylic acids is 5. The Balaban J connectivity index is 0.910. The summed E-state index contributed by atoms with van der Waals surface area (Å²) in [6.07, 6.45) is 14.1. The van der Waals surface area contributed by atoms with E-state index in [0.717, 1.165) is 36.4 Å². The molecule has 31 nitrogen and oxygen atoms in total. The number of hydrogen-bond donors (Lipinski definition) is 8. The van der Waals surface area contributed by atoms with E-state index < -0.39 is 46.9 Å². The lowest BCUT2D eigenvalue weighted by Crippen LogP contribution is -2.39. The van der Waals surface area contributed by atoms with Crippen LogP contribution in [-0.2, 0) is 88.8 Å². The number of carbonyl (C=O) groups is 5. The van der Waals surface area contributed by atoms with Crippen LogP contribution in [0, 0.1) is 0 Å². The van der Waals surface area contributed by atoms with E-state index in [1.54, 1.807) is 30.4 Å². The van der Waals surface area contributed by atoms with E-state index >= 15 is 0 Å². The first-order valence-electron chi connectivity index (χ1n) is 34.0. The quantitative estimate of drug-likeness (QED) is 0.00610. The number of allylic oxidation sites excluding steroid dienone is 6. The maximum atomic E-state index is 13.6. The summed E-state index contributed by atoms with van der Waals surface area (Å²) in [4.78, 5) is 69.2. The zero-order valence-corrected chi connectivity index (χ0v) is 61.3. The number of rotatable bonds is 50. The van der Waals surface area contributed by atoms with Crippen molar-refractivity contribution >= 4 is 88.9 Å². The Morgan fingerprint density at radius 1 is 0.673 bits per heavy atom. The van der Waals surface area contributed by atoms with Crippen LogP contribution in [0.3, 0.4) is 0 Å². The molecule has 0 bridgehead atoms. The average molecular weight is 1500 g/mol. The van der Waals surface area contributed by atoms with Gasteiger partial charge >= 0.3 is 6.03 Å². The molecule has 0 aromatic heterocycles. The van der Waals surface area contributed by atoms with Crippen molar-refractivity contribution in [2.75, 3.05) is 148 Å². The largest absolute Gasteiger partial charge is 0.379 e. The van der Waals surface area contributed by atoms with Crippen LogP contribution in [0.15, 0.2) is 87.4 Å². The normalized spacial score (nSPS) is 18.0. The summed E-state index contributed by atoms with van der Waals surface area (Å²) in [5.41, 5.74) is 10.9. The van der Waals surface area contributed by atoms with Crippen molar-refractivity contribution in [3.05, 3.63) is 94.0 Å². The number of hydrogen-bond acceptors (Lipinski definition) is 20. The second-order valence-electron chi connectivity index (χ2n) is 25.4. The van der Waals surface area contributed by atoms with Gasteiger partial charge in [-0.1, -0.05) is 50.0 Å². The fourth-order valence-corrected chi connectivity index (χ4v) is 15.2. The fraction of sp³-hybridized carbons (Fsp3) is 0.636. The molecule has 2 aromatic carbocycles. The van der Waals surface area contributed by atoms with E-state index in [9.17, 15) is 62.9 Å². The van der Waals surface area contributed by atoms with Crippen molar-refractivity contribution in [2.45, 2.75) is 136 Å². The molecule has 35 heteroatoms. The molecule has 3 unspecified atom stereocenters. The predicted molar refractivity (Wildman–Crippen MR) is 379 cm³/mol. The molecule has 3 atom stereocenters. The highest BCUT2D eigenvalue weighted by molar-refractivity contribution is 8.00. The lowest BCUT2D eigenvalue weighted by atomic mass is 9.81. The second kappa shape index (κ2) is 41.7. The number of azide groups is 1. The smallest absolute Gasteiger partial charge is 0.315 e. The lowest BCUT2D eigenvalue weighted by molar-refractivity contribution is -0.437. The summed E-state index contributed by atoms with van der Waals surface area (Å²) in [6.45, 7) is 12.8. The minimum atomic E-state index is -4.54. The third kappa shape index (κ3) is 27.9. The van der Waals surface area contributed by atoms with Gasteiger partial charge in [0, 0.05) is 128 Å². The van der Waals surface area contributed by atoms with Gasteiger partial charge in [-0.25, -0.2) is 4.79 Å². The standard InChI is InChI=1S/C66H99N11O20S4/c1-65(2)51-46-49(100(86,87)88)19-21-54(51)76(57(65)15-7-5-8-16-58-66(3,4)52-47-50(101(89,90)91)20-22-55(52)77(58)30-13-45-99(83,84)85)29-12-6-9-17-59(78)68-25-23-62(81)75(32-36-95-40-44-97-43-39-94-35-28-71-74-67)31-24-61(80)70-27-34-93-38-42-96-41-37-92-33-26-69-60(79)18-11-10-14-56-63-53(48-98-56)72-64(82)73-63/h5,7-8,15-16,19-22,46-47,53,56,63H,6,9-14,17-18,23-45,48H2,1-4H3,(H7-,68,69,70,72,73,78,79,80,82,83,84,85,86,87,88,89,90,91)/p+1. The predicted octanol–water partition coefficient (Wildman–Crippen LogP) is 5.28. The Kier molecular flexibility index (Phi) is 34.4. The van der Waals surface area contributed by atoms with Crippen LogP contribution in [0.4, 0.5) is 16.2 Å². The Hall–Kier alpha value is -6.57. The summed E-state index contributed by atoms with van der Waals surface area (Å²) in [6, 6.07) is 8.90. The molecule has 0 spiro atoms. The average Bonchev–Trinajstić information content (AvgIpc) is 1.60. The van der Waals surface area contributed by atoms with Gasteiger partial charge in [-0.15, -0.1) is 0 Å². The number of thioether (sulfide) groups is 1. The van der Waals surface area contributed by atoms with Crippen LogP contribution in [-0.4, -0.2) is 244 Å². The van der Waals surface area contributed by atoms with Crippen molar-refractivity contribution in [1.29, 1.82) is 0 Å². The number of nitrogens with zero attached hydrogens (tertiary/aromatic N) is 6. The highest BCUT2D eigenvalue weighted by atomic mass is 32.2. The van der Waals surface area contributed by atoms with Gasteiger partial charge in [0.1, 0.15) is 6.54 Å². The second-order valence-corrected chi connectivity index (χ2v) is 31.1. The summed E-state index contributed by atoms with van der Waals surface area (Å²) in [5, 5.41) is 18.2. The van der Waals surface area contributed by atoms with Gasteiger partial charge < -0.3 is 64.8 Å². The van der Waals surface area contributed by atoms with Crippen LogP contribution in [0.2, 0.25) is 0 Å². The van der Waals surface area contributed by atoms with E-state index in [1.807, 2.05) is 56.2 Å². The number of nitrogens with one attached hydrogen (secondary N) is 5. The summed E-state index contributed by atoms with van der Waals surface area (Å²) in [7, 11) is -13.4. The molecule has 562 valence electrons. The van der Waals surface area contributed by atoms with Crippen LogP contribution < -0.4 is 31.5 Å². The van der Waals surface area contributed by atoms with Crippen molar-refractivity contribution in [2.24, 2.45) is 5.11 Å². The maximum absolute atomic E-state index is 13.6. The summed E-state index contributed by atoms with van der Waals surface area (Å²) >= 11 is 1.86. The third-order valence-corrected chi connectivity index (χ3v) is 21.4. The Morgan fingerprint density at radius 2 is 1.25 bits per heavy atom. The Labute approximate surface area is 596 Å². The lowest BCUT2D eigenvalue weighted by Gasteiger charge is -2.27. The number of benzene rings is 2. The molecule has 4 heterocycles. The van der Waals surface area contributed by atoms with E-state index in [4.69, 9.17) is 34.0 Å². The van der Waals surface area contributed by atoms with Gasteiger partial charge in [-0.2, -0.15) is 41.6 Å². The molecule has 0 aliphatic carbocycles. The number of ether oxygens (including phenoxy) is 6. The van der Waals surface area contributed by atoms with E-state index in [1.165, 1.54) is 29.2 Å². The summed E-state index contributed by atoms with van der Waals surface area (Å²) < 4.78 is 137. The number of anilines is 1. The highest BCUT2D eigenvalue weighted by Gasteiger charge is 2.46. The molecule has 4 aliphatic rings. The zero-order chi connectivity index (χ0) is 73.5. The number of fused-ring (bicyclic) bond motifs is 3. The zero-order valence-electron chi connectivity index (χ0n) is 58.0. The molecule has 4 aliphatic heterocycles. The van der Waals surface area contributed by atoms with E-state index in [0.29, 0.717) is 113 Å². The van der Waals surface area contributed by atoms with Crippen LogP contribution in [0.5, 0.6) is 0 Å². The van der Waals surface area contributed by atoms with Gasteiger partial charge in [0.15, 0.2) is 5.71 Å². The number of urea groups is 1. The molecule has 6 amide bonds. The first-order valence-corrected chi connectivity index (χ1v) is 39.6. The van der Waals surface area contributed by atoms with Crippen LogP contribution in [0.25, 0.3) is 10.4 Å². The van der Waals surface area contributed by atoms with Crippen LogP contribution >= 0.6 is 11.8 Å². The molecule has 0 saturated carbocycles. The molecule has 2 saturated heterocycles. The minimum absolute atomic E-state index is 0.00126. The maximum Gasteiger partial charge on any atom is 0.315 e. The molecule has 0 radical (unpaired) electrons. The van der Waals surface area contributed by atoms with Gasteiger partial charge in [-0.3, -0.25) is 32.8 Å². The first kappa shape index (κ1) is 83.4. The monoisotopic (exact) mass is 1490 g/mol. The molecule has 2 aromatic rings. The van der Waals surface area contributed by atoms with Crippen LogP contribution in [0.1, 0.15) is 109 Å². The molecule has 8 N–H and O–H groups in total. The van der Waals surface area contributed by atoms with Gasteiger partial charge in [-0.05, 0) is 87.0 Å². The molecule has 2 fully saturated rings. The number of amides is 6.